The molecule has 0 atom stereocenters. The Bertz CT molecular complexity index is 941. The maximum Gasteiger partial charge on any atom is 0.224 e. The van der Waals surface area contributed by atoms with Crippen LogP contribution in [-0.4, -0.2) is 15.9 Å². The van der Waals surface area contributed by atoms with Gasteiger partial charge in [0, 0.05) is 35.4 Å². The number of benzene rings is 2. The third kappa shape index (κ3) is 4.95. The van der Waals surface area contributed by atoms with Crippen molar-refractivity contribution in [2.24, 2.45) is 0 Å². The smallest absolute Gasteiger partial charge is 0.224 e. The van der Waals surface area contributed by atoms with Crippen LogP contribution in [0.5, 0.6) is 0 Å². The Balaban J connectivity index is 1.51. The molecule has 0 bridgehead atoms. The Labute approximate surface area is 156 Å². The standard InChI is InChI=1S/C20H17ClN4O/c21-16-2-1-3-17(11-16)25-20(26)9-8-18-13-23-19(24-18)10-14-4-6-15(12-22)7-5-14/h1-7,11,13H,8-10H2,(H,23,24)(H,25,26). The maximum absolute atomic E-state index is 12.0. The fraction of sp³-hybridized carbons (Fsp3) is 0.150. The highest BCUT2D eigenvalue weighted by atomic mass is 35.5. The van der Waals surface area contributed by atoms with E-state index in [9.17, 15) is 4.79 Å². The summed E-state index contributed by atoms with van der Waals surface area (Å²) in [5.41, 5.74) is 3.31. The first kappa shape index (κ1) is 17.7. The molecule has 1 amide bonds. The fourth-order valence-electron chi connectivity index (χ4n) is 2.55. The predicted molar refractivity (Wildman–Crippen MR) is 101 cm³/mol. The number of aromatic nitrogens is 2. The lowest BCUT2D eigenvalue weighted by molar-refractivity contribution is -0.116. The second kappa shape index (κ2) is 8.32. The third-order valence-corrected chi connectivity index (χ3v) is 4.10. The summed E-state index contributed by atoms with van der Waals surface area (Å²) in [6.07, 6.45) is 3.34. The van der Waals surface area contributed by atoms with Gasteiger partial charge in [0.1, 0.15) is 5.82 Å². The van der Waals surface area contributed by atoms with Crippen LogP contribution in [0, 0.1) is 11.3 Å². The molecule has 6 heteroatoms. The number of aromatic amines is 1. The number of carbonyl (C=O) groups excluding carboxylic acids is 1. The Morgan fingerprint density at radius 1 is 1.23 bits per heavy atom. The lowest BCUT2D eigenvalue weighted by Gasteiger charge is -2.04. The molecular weight excluding hydrogens is 348 g/mol. The Hall–Kier alpha value is -3.10. The monoisotopic (exact) mass is 364 g/mol. The highest BCUT2D eigenvalue weighted by molar-refractivity contribution is 6.30. The predicted octanol–water partition coefficient (Wildman–Crippen LogP) is 4.10. The third-order valence-electron chi connectivity index (χ3n) is 3.87. The number of H-pyrrole nitrogens is 1. The molecule has 0 radical (unpaired) electrons. The molecule has 26 heavy (non-hydrogen) atoms. The van der Waals surface area contributed by atoms with Crippen LogP contribution in [-0.2, 0) is 17.6 Å². The first-order chi connectivity index (χ1) is 12.6. The van der Waals surface area contributed by atoms with Gasteiger partial charge in [-0.05, 0) is 42.3 Å². The SMILES string of the molecule is N#Cc1ccc(Cc2ncc(CCC(=O)Nc3cccc(Cl)c3)[nH]2)cc1. The minimum atomic E-state index is -0.0736. The number of rotatable bonds is 6. The number of carbonyl (C=O) groups is 1. The number of hydrogen-bond donors (Lipinski definition) is 2. The lowest BCUT2D eigenvalue weighted by atomic mass is 10.1. The van der Waals surface area contributed by atoms with Crippen molar-refractivity contribution in [3.8, 4) is 6.07 Å². The van der Waals surface area contributed by atoms with E-state index in [1.807, 2.05) is 12.1 Å². The minimum Gasteiger partial charge on any atom is -0.346 e. The first-order valence-corrected chi connectivity index (χ1v) is 8.57. The lowest BCUT2D eigenvalue weighted by Crippen LogP contribution is -2.12. The number of hydrogen-bond acceptors (Lipinski definition) is 3. The topological polar surface area (TPSA) is 81.6 Å². The molecule has 2 aromatic carbocycles. The highest BCUT2D eigenvalue weighted by Gasteiger charge is 2.07. The van der Waals surface area contributed by atoms with Gasteiger partial charge in [-0.2, -0.15) is 5.26 Å². The van der Waals surface area contributed by atoms with Gasteiger partial charge in [-0.3, -0.25) is 4.79 Å². The van der Waals surface area contributed by atoms with Crippen LogP contribution in [0.4, 0.5) is 5.69 Å². The van der Waals surface area contributed by atoms with Crippen LogP contribution in [0.1, 0.15) is 29.1 Å². The number of anilines is 1. The molecule has 3 rings (SSSR count). The second-order valence-corrected chi connectivity index (χ2v) is 6.34. The summed E-state index contributed by atoms with van der Waals surface area (Å²) >= 11 is 5.91. The minimum absolute atomic E-state index is 0.0736. The Kier molecular flexibility index (Phi) is 5.67. The van der Waals surface area contributed by atoms with Gasteiger partial charge in [0.25, 0.3) is 0 Å². The molecule has 0 aliphatic heterocycles. The van der Waals surface area contributed by atoms with E-state index in [2.05, 4.69) is 21.4 Å². The van der Waals surface area contributed by atoms with Gasteiger partial charge in [-0.25, -0.2) is 4.98 Å². The van der Waals surface area contributed by atoms with Crippen molar-refractivity contribution in [3.63, 3.8) is 0 Å². The van der Waals surface area contributed by atoms with Crippen LogP contribution < -0.4 is 5.32 Å². The van der Waals surface area contributed by atoms with Gasteiger partial charge >= 0.3 is 0 Å². The molecule has 1 heterocycles. The van der Waals surface area contributed by atoms with Gasteiger partial charge in [-0.15, -0.1) is 0 Å². The van der Waals surface area contributed by atoms with Gasteiger partial charge in [-0.1, -0.05) is 29.8 Å². The number of aryl methyl sites for hydroxylation is 1. The summed E-state index contributed by atoms with van der Waals surface area (Å²) in [5, 5.41) is 12.2. The van der Waals surface area contributed by atoms with Crippen LogP contribution in [0.25, 0.3) is 0 Å². The molecule has 130 valence electrons. The molecule has 2 N–H and O–H groups in total. The number of imidazole rings is 1. The molecule has 0 unspecified atom stereocenters. The average molecular weight is 365 g/mol. The molecule has 0 saturated carbocycles. The molecule has 0 fully saturated rings. The van der Waals surface area contributed by atoms with E-state index in [0.29, 0.717) is 35.5 Å². The number of nitriles is 1. The molecule has 0 aliphatic carbocycles. The van der Waals surface area contributed by atoms with Gasteiger partial charge in [0.2, 0.25) is 5.91 Å². The molecule has 3 aromatic rings. The highest BCUT2D eigenvalue weighted by Crippen LogP contribution is 2.15. The number of halogens is 1. The van der Waals surface area contributed by atoms with E-state index < -0.39 is 0 Å². The molecule has 5 nitrogen and oxygen atoms in total. The molecule has 0 aliphatic rings. The summed E-state index contributed by atoms with van der Waals surface area (Å²) in [7, 11) is 0. The largest absolute Gasteiger partial charge is 0.346 e. The van der Waals surface area contributed by atoms with Crippen LogP contribution in [0.15, 0.2) is 54.7 Å². The zero-order valence-corrected chi connectivity index (χ0v) is 14.8. The number of amides is 1. The summed E-state index contributed by atoms with van der Waals surface area (Å²) < 4.78 is 0. The second-order valence-electron chi connectivity index (χ2n) is 5.90. The van der Waals surface area contributed by atoms with E-state index in [0.717, 1.165) is 17.1 Å². The maximum atomic E-state index is 12.0. The van der Waals surface area contributed by atoms with E-state index in [4.69, 9.17) is 16.9 Å². The Morgan fingerprint density at radius 2 is 2.04 bits per heavy atom. The van der Waals surface area contributed by atoms with Gasteiger partial charge in [0.05, 0.1) is 11.6 Å². The van der Waals surface area contributed by atoms with E-state index in [1.165, 1.54) is 0 Å². The fourth-order valence-corrected chi connectivity index (χ4v) is 2.74. The van der Waals surface area contributed by atoms with Gasteiger partial charge in [0.15, 0.2) is 0 Å². The molecular formula is C20H17ClN4O. The summed E-state index contributed by atoms with van der Waals surface area (Å²) in [6, 6.07) is 16.6. The first-order valence-electron chi connectivity index (χ1n) is 8.19. The number of nitrogens with zero attached hydrogens (tertiary/aromatic N) is 2. The molecule has 1 aromatic heterocycles. The van der Waals surface area contributed by atoms with E-state index in [-0.39, 0.29) is 5.91 Å². The van der Waals surface area contributed by atoms with Crippen molar-refractivity contribution in [1.82, 2.24) is 9.97 Å². The van der Waals surface area contributed by atoms with Crippen LogP contribution in [0.2, 0.25) is 5.02 Å². The Morgan fingerprint density at radius 3 is 2.77 bits per heavy atom. The quantitative estimate of drug-likeness (QED) is 0.691. The molecule has 0 spiro atoms. The van der Waals surface area contributed by atoms with Crippen molar-refractivity contribution in [2.75, 3.05) is 5.32 Å². The zero-order valence-electron chi connectivity index (χ0n) is 14.0. The van der Waals surface area contributed by atoms with E-state index in [1.54, 1.807) is 42.6 Å². The average Bonchev–Trinajstić information content (AvgIpc) is 3.08. The van der Waals surface area contributed by atoms with Gasteiger partial charge < -0.3 is 10.3 Å². The van der Waals surface area contributed by atoms with E-state index >= 15 is 0 Å². The molecule has 0 saturated heterocycles. The summed E-state index contributed by atoms with van der Waals surface area (Å²) in [5.74, 6) is 0.760. The van der Waals surface area contributed by atoms with Crippen molar-refractivity contribution < 1.29 is 4.79 Å². The van der Waals surface area contributed by atoms with Crippen molar-refractivity contribution in [2.45, 2.75) is 19.3 Å². The van der Waals surface area contributed by atoms with Crippen molar-refractivity contribution in [1.29, 1.82) is 5.26 Å². The van der Waals surface area contributed by atoms with Crippen LogP contribution >= 0.6 is 11.6 Å². The summed E-state index contributed by atoms with van der Waals surface area (Å²) in [4.78, 5) is 19.6. The zero-order chi connectivity index (χ0) is 18.4. The summed E-state index contributed by atoms with van der Waals surface area (Å²) in [6.45, 7) is 0. The van der Waals surface area contributed by atoms with Crippen molar-refractivity contribution >= 4 is 23.2 Å². The van der Waals surface area contributed by atoms with Crippen LogP contribution in [0.3, 0.4) is 0 Å². The normalized spacial score (nSPS) is 10.3. The number of nitrogens with one attached hydrogen (secondary N) is 2. The van der Waals surface area contributed by atoms with Crippen molar-refractivity contribution in [3.05, 3.63) is 82.4 Å².